The van der Waals surface area contributed by atoms with E-state index < -0.39 is 0 Å². The maximum absolute atomic E-state index is 4.32. The molecule has 0 fully saturated rings. The van der Waals surface area contributed by atoms with E-state index in [2.05, 4.69) is 49.9 Å². The van der Waals surface area contributed by atoms with Crippen LogP contribution in [0.1, 0.15) is 11.1 Å². The maximum Gasteiger partial charge on any atom is 0.197 e. The Kier molecular flexibility index (Phi) is 2.83. The molecule has 0 atom stereocenters. The number of benzene rings is 1. The fraction of sp³-hybridized carbons (Fsp3) is 0.154. The Morgan fingerprint density at radius 1 is 1.17 bits per heavy atom. The Balaban J connectivity index is 2.04. The first kappa shape index (κ1) is 11.3. The molecule has 0 N–H and O–H groups in total. The third-order valence-electron chi connectivity index (χ3n) is 2.90. The smallest absolute Gasteiger partial charge is 0.197 e. The summed E-state index contributed by atoms with van der Waals surface area (Å²) >= 11 is 3.50. The molecule has 0 saturated heterocycles. The second kappa shape index (κ2) is 4.49. The van der Waals surface area contributed by atoms with E-state index in [0.717, 1.165) is 16.7 Å². The quantitative estimate of drug-likeness (QED) is 0.731. The number of rotatable bonds is 2. The molecule has 0 aliphatic rings. The highest BCUT2D eigenvalue weighted by atomic mass is 79.9. The van der Waals surface area contributed by atoms with Gasteiger partial charge >= 0.3 is 0 Å². The molecule has 0 aliphatic carbocycles. The van der Waals surface area contributed by atoms with E-state index in [1.54, 1.807) is 18.7 Å². The molecule has 0 amide bonds. The van der Waals surface area contributed by atoms with Crippen LogP contribution < -0.4 is 0 Å². The second-order valence-corrected chi connectivity index (χ2v) is 5.06. The summed E-state index contributed by atoms with van der Waals surface area (Å²) in [7, 11) is 0. The minimum Gasteiger partial charge on any atom is -0.309 e. The molecule has 0 aliphatic heterocycles. The van der Waals surface area contributed by atoms with Gasteiger partial charge in [0.15, 0.2) is 11.3 Å². The number of hydrogen-bond acceptors (Lipinski definition) is 3. The van der Waals surface area contributed by atoms with E-state index in [1.807, 2.05) is 10.6 Å². The van der Waals surface area contributed by atoms with E-state index in [-0.39, 0.29) is 0 Å². The number of halogens is 1. The van der Waals surface area contributed by atoms with Crippen molar-refractivity contribution < 1.29 is 0 Å². The van der Waals surface area contributed by atoms with Crippen molar-refractivity contribution >= 4 is 27.2 Å². The molecule has 3 aromatic rings. The van der Waals surface area contributed by atoms with Gasteiger partial charge in [-0.25, -0.2) is 15.0 Å². The average Bonchev–Trinajstić information content (AvgIpc) is 2.78. The standard InChI is InChI=1S/C13H11BrN4/c1-9-2-3-11(14)6-10(9)7-18-8-17-12-13(18)16-5-4-15-12/h2-6,8H,7H2,1H3. The summed E-state index contributed by atoms with van der Waals surface area (Å²) in [5, 5.41) is 0. The number of aryl methyl sites for hydroxylation is 1. The Morgan fingerprint density at radius 2 is 2.00 bits per heavy atom. The molecule has 2 aromatic heterocycles. The highest BCUT2D eigenvalue weighted by Gasteiger charge is 2.06. The molecule has 0 bridgehead atoms. The first-order chi connectivity index (χ1) is 8.74. The van der Waals surface area contributed by atoms with Crippen LogP contribution in [0.15, 0.2) is 41.4 Å². The van der Waals surface area contributed by atoms with Crippen molar-refractivity contribution in [3.8, 4) is 0 Å². The van der Waals surface area contributed by atoms with Gasteiger partial charge in [-0.1, -0.05) is 22.0 Å². The van der Waals surface area contributed by atoms with Crippen LogP contribution in [0.3, 0.4) is 0 Å². The zero-order valence-corrected chi connectivity index (χ0v) is 11.4. The van der Waals surface area contributed by atoms with Crippen molar-refractivity contribution in [1.82, 2.24) is 19.5 Å². The molecular formula is C13H11BrN4. The Hall–Kier alpha value is -1.75. The third-order valence-corrected chi connectivity index (χ3v) is 3.40. The van der Waals surface area contributed by atoms with Gasteiger partial charge in [0.05, 0.1) is 12.9 Å². The average molecular weight is 303 g/mol. The van der Waals surface area contributed by atoms with Crippen LogP contribution in [0.5, 0.6) is 0 Å². The first-order valence-corrected chi connectivity index (χ1v) is 6.40. The topological polar surface area (TPSA) is 43.6 Å². The summed E-state index contributed by atoms with van der Waals surface area (Å²) in [6.07, 6.45) is 5.13. The van der Waals surface area contributed by atoms with Crippen LogP contribution in [0.2, 0.25) is 0 Å². The number of nitrogens with zero attached hydrogens (tertiary/aromatic N) is 4. The Labute approximate surface area is 113 Å². The molecule has 4 nitrogen and oxygen atoms in total. The maximum atomic E-state index is 4.32. The largest absolute Gasteiger partial charge is 0.309 e. The first-order valence-electron chi connectivity index (χ1n) is 5.61. The molecule has 0 radical (unpaired) electrons. The van der Waals surface area contributed by atoms with Crippen molar-refractivity contribution in [2.24, 2.45) is 0 Å². The molecule has 0 saturated carbocycles. The lowest BCUT2D eigenvalue weighted by atomic mass is 10.1. The summed E-state index contributed by atoms with van der Waals surface area (Å²) in [5.74, 6) is 0. The van der Waals surface area contributed by atoms with Crippen LogP contribution >= 0.6 is 15.9 Å². The lowest BCUT2D eigenvalue weighted by Crippen LogP contribution is -2.01. The number of fused-ring (bicyclic) bond motifs is 1. The normalized spacial score (nSPS) is 11.0. The second-order valence-electron chi connectivity index (χ2n) is 4.15. The van der Waals surface area contributed by atoms with Gasteiger partial charge in [0.2, 0.25) is 0 Å². The van der Waals surface area contributed by atoms with Gasteiger partial charge in [0.1, 0.15) is 0 Å². The lowest BCUT2D eigenvalue weighted by Gasteiger charge is -2.07. The van der Waals surface area contributed by atoms with Gasteiger partial charge in [-0.05, 0) is 30.2 Å². The summed E-state index contributed by atoms with van der Waals surface area (Å²) < 4.78 is 3.09. The molecule has 18 heavy (non-hydrogen) atoms. The van der Waals surface area contributed by atoms with Crippen molar-refractivity contribution in [3.63, 3.8) is 0 Å². The molecule has 0 spiro atoms. The van der Waals surface area contributed by atoms with E-state index in [9.17, 15) is 0 Å². The molecule has 90 valence electrons. The lowest BCUT2D eigenvalue weighted by molar-refractivity contribution is 0.808. The van der Waals surface area contributed by atoms with Gasteiger partial charge < -0.3 is 4.57 Å². The number of hydrogen-bond donors (Lipinski definition) is 0. The Bertz CT molecular complexity index is 705. The van der Waals surface area contributed by atoms with Crippen molar-refractivity contribution in [1.29, 1.82) is 0 Å². The molecule has 2 heterocycles. The summed E-state index contributed by atoms with van der Waals surface area (Å²) in [6.45, 7) is 2.85. The monoisotopic (exact) mass is 302 g/mol. The summed E-state index contributed by atoms with van der Waals surface area (Å²) in [4.78, 5) is 12.7. The van der Waals surface area contributed by atoms with Gasteiger partial charge in [-0.2, -0.15) is 0 Å². The Morgan fingerprint density at radius 3 is 2.89 bits per heavy atom. The third kappa shape index (κ3) is 2.01. The minimum atomic E-state index is 0.685. The van der Waals surface area contributed by atoms with E-state index in [4.69, 9.17) is 0 Å². The molecule has 5 heteroatoms. The number of imidazole rings is 1. The van der Waals surface area contributed by atoms with Crippen molar-refractivity contribution in [2.45, 2.75) is 13.5 Å². The molecular weight excluding hydrogens is 292 g/mol. The zero-order valence-electron chi connectivity index (χ0n) is 9.84. The summed E-state index contributed by atoms with van der Waals surface area (Å²) in [6, 6.07) is 6.27. The van der Waals surface area contributed by atoms with Gasteiger partial charge in [-0.3, -0.25) is 0 Å². The zero-order chi connectivity index (χ0) is 12.5. The highest BCUT2D eigenvalue weighted by molar-refractivity contribution is 9.10. The van der Waals surface area contributed by atoms with Crippen LogP contribution in [-0.4, -0.2) is 19.5 Å². The van der Waals surface area contributed by atoms with Crippen LogP contribution in [0, 0.1) is 6.92 Å². The summed E-state index contributed by atoms with van der Waals surface area (Å²) in [5.41, 5.74) is 4.00. The number of aromatic nitrogens is 4. The van der Waals surface area contributed by atoms with Crippen LogP contribution in [0.25, 0.3) is 11.3 Å². The fourth-order valence-corrected chi connectivity index (χ4v) is 2.31. The molecule has 3 rings (SSSR count). The predicted molar refractivity (Wildman–Crippen MR) is 73.3 cm³/mol. The van der Waals surface area contributed by atoms with Gasteiger partial charge in [0.25, 0.3) is 0 Å². The van der Waals surface area contributed by atoms with Crippen LogP contribution in [0.4, 0.5) is 0 Å². The van der Waals surface area contributed by atoms with E-state index in [0.29, 0.717) is 5.65 Å². The fourth-order valence-electron chi connectivity index (χ4n) is 1.91. The molecule has 0 unspecified atom stereocenters. The predicted octanol–water partition coefficient (Wildman–Crippen LogP) is 2.95. The minimum absolute atomic E-state index is 0.685. The SMILES string of the molecule is Cc1ccc(Br)cc1Cn1cnc2nccnc21. The van der Waals surface area contributed by atoms with Crippen LogP contribution in [-0.2, 0) is 6.54 Å². The van der Waals surface area contributed by atoms with E-state index >= 15 is 0 Å². The molecule has 1 aromatic carbocycles. The van der Waals surface area contributed by atoms with E-state index in [1.165, 1.54) is 11.1 Å². The van der Waals surface area contributed by atoms with Crippen molar-refractivity contribution in [3.05, 3.63) is 52.5 Å². The highest BCUT2D eigenvalue weighted by Crippen LogP contribution is 2.18. The van der Waals surface area contributed by atoms with Gasteiger partial charge in [0, 0.05) is 16.9 Å². The van der Waals surface area contributed by atoms with Gasteiger partial charge in [-0.15, -0.1) is 0 Å². The van der Waals surface area contributed by atoms with Crippen molar-refractivity contribution in [2.75, 3.05) is 0 Å².